The first-order chi connectivity index (χ1) is 10.5. The molecule has 2 nitrogen and oxygen atoms in total. The van der Waals surface area contributed by atoms with Gasteiger partial charge in [0.2, 0.25) is 0 Å². The number of alkyl halides is 1. The maximum Gasteiger partial charge on any atom is 0.119 e. The molecule has 2 rings (SSSR count). The summed E-state index contributed by atoms with van der Waals surface area (Å²) < 4.78 is 10.7. The first-order valence-corrected chi connectivity index (χ1v) is 7.89. The number of rotatable bonds is 6. The second-order valence-electron chi connectivity index (χ2n) is 5.77. The Morgan fingerprint density at radius 2 is 1.36 bits per heavy atom. The minimum Gasteiger partial charge on any atom is -0.497 e. The minimum absolute atomic E-state index is 0.0933. The normalized spacial score (nSPS) is 12.8. The molecule has 0 heterocycles. The zero-order valence-corrected chi connectivity index (χ0v) is 14.4. The van der Waals surface area contributed by atoms with Gasteiger partial charge in [0.05, 0.1) is 13.7 Å². The lowest BCUT2D eigenvalue weighted by Gasteiger charge is -2.29. The Balaban J connectivity index is 2.37. The van der Waals surface area contributed by atoms with Gasteiger partial charge in [0.15, 0.2) is 0 Å². The molecule has 2 aromatic rings. The van der Waals surface area contributed by atoms with Gasteiger partial charge in [-0.25, -0.2) is 0 Å². The summed E-state index contributed by atoms with van der Waals surface area (Å²) in [5, 5.41) is 0. The molecule has 0 fully saturated rings. The lowest BCUT2D eigenvalue weighted by molar-refractivity contribution is 0.340. The topological polar surface area (TPSA) is 18.5 Å². The van der Waals surface area contributed by atoms with Crippen LogP contribution in [-0.2, 0) is 0 Å². The van der Waals surface area contributed by atoms with Gasteiger partial charge in [0.25, 0.3) is 0 Å². The molecule has 0 N–H and O–H groups in total. The molecule has 0 saturated carbocycles. The summed E-state index contributed by atoms with van der Waals surface area (Å²) >= 11 is 6.68. The first-order valence-electron chi connectivity index (χ1n) is 7.51. The van der Waals surface area contributed by atoms with Crippen LogP contribution in [0.1, 0.15) is 37.8 Å². The number of ether oxygens (including phenoxy) is 2. The second-order valence-corrected chi connectivity index (χ2v) is 6.75. The maximum absolute atomic E-state index is 6.68. The molecule has 0 bridgehead atoms. The first kappa shape index (κ1) is 16.7. The smallest absolute Gasteiger partial charge is 0.119 e. The summed E-state index contributed by atoms with van der Waals surface area (Å²) in [6.07, 6.45) is 0. The third-order valence-electron chi connectivity index (χ3n) is 3.66. The molecule has 0 spiro atoms. The summed E-state index contributed by atoms with van der Waals surface area (Å²) in [7, 11) is 1.67. The average molecular weight is 319 g/mol. The van der Waals surface area contributed by atoms with E-state index >= 15 is 0 Å². The van der Waals surface area contributed by atoms with Crippen LogP contribution in [0.2, 0.25) is 0 Å². The van der Waals surface area contributed by atoms with Crippen molar-refractivity contribution in [2.75, 3.05) is 13.7 Å². The van der Waals surface area contributed by atoms with Gasteiger partial charge in [-0.2, -0.15) is 0 Å². The third-order valence-corrected chi connectivity index (χ3v) is 3.88. The molecule has 0 amide bonds. The molecule has 0 radical (unpaired) electrons. The van der Waals surface area contributed by atoms with Gasteiger partial charge in [-0.05, 0) is 56.2 Å². The Hall–Kier alpha value is -1.67. The lowest BCUT2D eigenvalue weighted by Crippen LogP contribution is -2.23. The molecule has 22 heavy (non-hydrogen) atoms. The van der Waals surface area contributed by atoms with E-state index < -0.39 is 4.87 Å². The predicted octanol–water partition coefficient (Wildman–Crippen LogP) is 5.24. The molecule has 3 heteroatoms. The van der Waals surface area contributed by atoms with E-state index in [4.69, 9.17) is 21.1 Å². The van der Waals surface area contributed by atoms with E-state index in [1.54, 1.807) is 7.11 Å². The largest absolute Gasteiger partial charge is 0.497 e. The Labute approximate surface area is 138 Å². The van der Waals surface area contributed by atoms with Gasteiger partial charge in [-0.15, -0.1) is 11.6 Å². The predicted molar refractivity (Wildman–Crippen MR) is 92.4 cm³/mol. The Bertz CT molecular complexity index is 582. The molecular formula is C19H23ClO2. The monoisotopic (exact) mass is 318 g/mol. The molecule has 0 saturated heterocycles. The molecule has 0 aliphatic carbocycles. The fourth-order valence-electron chi connectivity index (χ4n) is 2.70. The van der Waals surface area contributed by atoms with Crippen LogP contribution in [0.5, 0.6) is 11.5 Å². The van der Waals surface area contributed by atoms with Crippen molar-refractivity contribution in [3.8, 4) is 11.5 Å². The zero-order valence-electron chi connectivity index (χ0n) is 13.6. The standard InChI is InChI=1S/C19H23ClO2/c1-5-22-17-12-8-15(9-13-17)18(19(2,3)20)14-6-10-16(21-4)11-7-14/h6-13,18H,5H2,1-4H3. The van der Waals surface area contributed by atoms with Crippen molar-refractivity contribution in [2.45, 2.75) is 31.6 Å². The molecular weight excluding hydrogens is 296 g/mol. The van der Waals surface area contributed by atoms with Gasteiger partial charge in [0, 0.05) is 10.8 Å². The second kappa shape index (κ2) is 7.06. The van der Waals surface area contributed by atoms with Gasteiger partial charge >= 0.3 is 0 Å². The van der Waals surface area contributed by atoms with Crippen LogP contribution in [-0.4, -0.2) is 18.6 Å². The van der Waals surface area contributed by atoms with Crippen LogP contribution in [0.25, 0.3) is 0 Å². The lowest BCUT2D eigenvalue weighted by atomic mass is 9.82. The molecule has 0 aliphatic heterocycles. The van der Waals surface area contributed by atoms with Crippen LogP contribution in [0.15, 0.2) is 48.5 Å². The third kappa shape index (κ3) is 3.95. The van der Waals surface area contributed by atoms with E-state index in [0.717, 1.165) is 11.5 Å². The maximum atomic E-state index is 6.68. The fraction of sp³-hybridized carbons (Fsp3) is 0.368. The SMILES string of the molecule is CCOc1ccc(C(c2ccc(OC)cc2)C(C)(C)Cl)cc1. The van der Waals surface area contributed by atoms with Crippen molar-refractivity contribution >= 4 is 11.6 Å². The molecule has 118 valence electrons. The zero-order chi connectivity index (χ0) is 16.2. The minimum atomic E-state index is -0.401. The number of hydrogen-bond donors (Lipinski definition) is 0. The number of benzene rings is 2. The van der Waals surface area contributed by atoms with Crippen LogP contribution >= 0.6 is 11.6 Å². The molecule has 0 aliphatic rings. The van der Waals surface area contributed by atoms with Crippen molar-refractivity contribution in [1.82, 2.24) is 0 Å². The van der Waals surface area contributed by atoms with Crippen LogP contribution < -0.4 is 9.47 Å². The summed E-state index contributed by atoms with van der Waals surface area (Å²) in [6, 6.07) is 16.3. The van der Waals surface area contributed by atoms with E-state index in [2.05, 4.69) is 24.3 Å². The highest BCUT2D eigenvalue weighted by atomic mass is 35.5. The van der Waals surface area contributed by atoms with Crippen molar-refractivity contribution in [2.24, 2.45) is 0 Å². The summed E-state index contributed by atoms with van der Waals surface area (Å²) in [6.45, 7) is 6.73. The van der Waals surface area contributed by atoms with Crippen molar-refractivity contribution in [3.05, 3.63) is 59.7 Å². The molecule has 1 unspecified atom stereocenters. The number of methoxy groups -OCH3 is 1. The van der Waals surface area contributed by atoms with E-state index in [9.17, 15) is 0 Å². The summed E-state index contributed by atoms with van der Waals surface area (Å²) in [4.78, 5) is -0.401. The highest BCUT2D eigenvalue weighted by Crippen LogP contribution is 2.40. The summed E-state index contributed by atoms with van der Waals surface area (Å²) in [5.74, 6) is 1.82. The van der Waals surface area contributed by atoms with Crippen molar-refractivity contribution in [1.29, 1.82) is 0 Å². The van der Waals surface area contributed by atoms with Crippen molar-refractivity contribution < 1.29 is 9.47 Å². The van der Waals surface area contributed by atoms with E-state index in [1.807, 2.05) is 45.0 Å². The molecule has 1 atom stereocenters. The van der Waals surface area contributed by atoms with Gasteiger partial charge in [-0.1, -0.05) is 24.3 Å². The Kier molecular flexibility index (Phi) is 5.36. The number of hydrogen-bond acceptors (Lipinski definition) is 2. The fourth-order valence-corrected chi connectivity index (χ4v) is 2.96. The molecule has 2 aromatic carbocycles. The van der Waals surface area contributed by atoms with Gasteiger partial charge in [-0.3, -0.25) is 0 Å². The Morgan fingerprint density at radius 1 is 0.909 bits per heavy atom. The van der Waals surface area contributed by atoms with Crippen molar-refractivity contribution in [3.63, 3.8) is 0 Å². The summed E-state index contributed by atoms with van der Waals surface area (Å²) in [5.41, 5.74) is 2.35. The number of halogens is 1. The van der Waals surface area contributed by atoms with E-state index in [1.165, 1.54) is 11.1 Å². The van der Waals surface area contributed by atoms with Gasteiger partial charge < -0.3 is 9.47 Å². The molecule has 0 aromatic heterocycles. The quantitative estimate of drug-likeness (QED) is 0.678. The Morgan fingerprint density at radius 3 is 1.73 bits per heavy atom. The van der Waals surface area contributed by atoms with Crippen LogP contribution in [0.3, 0.4) is 0 Å². The average Bonchev–Trinajstić information content (AvgIpc) is 2.49. The highest BCUT2D eigenvalue weighted by Gasteiger charge is 2.30. The van der Waals surface area contributed by atoms with Crippen LogP contribution in [0, 0.1) is 0 Å². The van der Waals surface area contributed by atoms with Crippen LogP contribution in [0.4, 0.5) is 0 Å². The van der Waals surface area contributed by atoms with E-state index in [0.29, 0.717) is 6.61 Å². The van der Waals surface area contributed by atoms with E-state index in [-0.39, 0.29) is 5.92 Å². The van der Waals surface area contributed by atoms with Gasteiger partial charge in [0.1, 0.15) is 11.5 Å². The highest BCUT2D eigenvalue weighted by molar-refractivity contribution is 6.24.